The van der Waals surface area contributed by atoms with E-state index in [4.69, 9.17) is 9.15 Å². The van der Waals surface area contributed by atoms with Gasteiger partial charge in [-0.2, -0.15) is 11.3 Å². The van der Waals surface area contributed by atoms with Crippen molar-refractivity contribution in [1.82, 2.24) is 15.1 Å². The maximum Gasteiger partial charge on any atom is 0.248 e. The minimum atomic E-state index is 0.131. The number of hydrogen-bond acceptors (Lipinski definition) is 6. The molecule has 0 radical (unpaired) electrons. The van der Waals surface area contributed by atoms with E-state index in [9.17, 15) is 4.79 Å². The highest BCUT2D eigenvalue weighted by Crippen LogP contribution is 2.33. The standard InChI is InChI=1S/C21H23N3O3S/c1-2-26-17-7-5-15(6-8-17)18-4-3-12-24(18)20(25)10-9-19-22-23-21(27-19)16-11-13-28-14-16/h5-8,11,13-14,18H,2-4,9-10,12H2,1H3. The van der Waals surface area contributed by atoms with E-state index in [-0.39, 0.29) is 11.9 Å². The fraction of sp³-hybridized carbons (Fsp3) is 0.381. The van der Waals surface area contributed by atoms with Gasteiger partial charge in [0, 0.05) is 30.3 Å². The van der Waals surface area contributed by atoms with Crippen LogP contribution < -0.4 is 4.74 Å². The predicted octanol–water partition coefficient (Wildman–Crippen LogP) is 4.49. The summed E-state index contributed by atoms with van der Waals surface area (Å²) >= 11 is 1.58. The quantitative estimate of drug-likeness (QED) is 0.587. The van der Waals surface area contributed by atoms with Crippen molar-refractivity contribution in [3.05, 3.63) is 52.5 Å². The van der Waals surface area contributed by atoms with Crippen molar-refractivity contribution >= 4 is 17.2 Å². The summed E-state index contributed by atoms with van der Waals surface area (Å²) in [6.45, 7) is 3.41. The number of nitrogens with zero attached hydrogens (tertiary/aromatic N) is 3. The van der Waals surface area contributed by atoms with Crippen LogP contribution in [0.4, 0.5) is 0 Å². The molecule has 7 heteroatoms. The number of benzene rings is 1. The molecule has 4 rings (SSSR count). The number of hydrogen-bond donors (Lipinski definition) is 0. The first-order valence-electron chi connectivity index (χ1n) is 9.62. The molecule has 6 nitrogen and oxygen atoms in total. The van der Waals surface area contributed by atoms with Gasteiger partial charge in [-0.05, 0) is 48.9 Å². The molecule has 146 valence electrons. The van der Waals surface area contributed by atoms with Gasteiger partial charge in [0.1, 0.15) is 5.75 Å². The molecule has 28 heavy (non-hydrogen) atoms. The molecular weight excluding hydrogens is 374 g/mol. The number of carbonyl (C=O) groups excluding carboxylic acids is 1. The number of aryl methyl sites for hydroxylation is 1. The summed E-state index contributed by atoms with van der Waals surface area (Å²) in [5.74, 6) is 2.01. The summed E-state index contributed by atoms with van der Waals surface area (Å²) < 4.78 is 11.2. The van der Waals surface area contributed by atoms with Crippen molar-refractivity contribution in [3.8, 4) is 17.2 Å². The first kappa shape index (κ1) is 18.7. The smallest absolute Gasteiger partial charge is 0.248 e. The van der Waals surface area contributed by atoms with E-state index in [0.717, 1.165) is 36.3 Å². The van der Waals surface area contributed by atoms with Crippen LogP contribution in [-0.2, 0) is 11.2 Å². The Morgan fingerprint density at radius 2 is 2.14 bits per heavy atom. The summed E-state index contributed by atoms with van der Waals surface area (Å²) in [6.07, 6.45) is 2.84. The van der Waals surface area contributed by atoms with Gasteiger partial charge in [-0.1, -0.05) is 12.1 Å². The molecule has 1 amide bonds. The maximum absolute atomic E-state index is 12.8. The van der Waals surface area contributed by atoms with Crippen molar-refractivity contribution in [2.45, 2.75) is 38.6 Å². The molecule has 3 heterocycles. The van der Waals surface area contributed by atoms with Crippen LogP contribution in [0.25, 0.3) is 11.5 Å². The lowest BCUT2D eigenvalue weighted by Crippen LogP contribution is -2.30. The molecule has 1 atom stereocenters. The SMILES string of the molecule is CCOc1ccc(C2CCCN2C(=O)CCc2nnc(-c3ccsc3)o2)cc1. The van der Waals surface area contributed by atoms with Gasteiger partial charge in [-0.3, -0.25) is 4.79 Å². The second-order valence-electron chi connectivity index (χ2n) is 6.76. The number of rotatable bonds is 7. The fourth-order valence-electron chi connectivity index (χ4n) is 3.58. The zero-order valence-electron chi connectivity index (χ0n) is 15.8. The Morgan fingerprint density at radius 3 is 2.89 bits per heavy atom. The van der Waals surface area contributed by atoms with E-state index in [1.54, 1.807) is 11.3 Å². The molecule has 1 aliphatic rings. The van der Waals surface area contributed by atoms with Crippen LogP contribution in [0.3, 0.4) is 0 Å². The highest BCUT2D eigenvalue weighted by molar-refractivity contribution is 7.08. The highest BCUT2D eigenvalue weighted by Gasteiger charge is 2.29. The van der Waals surface area contributed by atoms with E-state index in [1.165, 1.54) is 0 Å². The van der Waals surface area contributed by atoms with Crippen molar-refractivity contribution in [2.75, 3.05) is 13.2 Å². The normalized spacial score (nSPS) is 16.5. The average Bonchev–Trinajstić information content (AvgIpc) is 3.48. The lowest BCUT2D eigenvalue weighted by Gasteiger charge is -2.25. The predicted molar refractivity (Wildman–Crippen MR) is 107 cm³/mol. The lowest BCUT2D eigenvalue weighted by atomic mass is 10.0. The van der Waals surface area contributed by atoms with Gasteiger partial charge >= 0.3 is 0 Å². The average molecular weight is 398 g/mol. The number of ether oxygens (including phenoxy) is 1. The first-order chi connectivity index (χ1) is 13.7. The third kappa shape index (κ3) is 4.09. The van der Waals surface area contributed by atoms with Crippen molar-refractivity contribution < 1.29 is 13.9 Å². The molecule has 2 aromatic heterocycles. The first-order valence-corrected chi connectivity index (χ1v) is 10.6. The van der Waals surface area contributed by atoms with Crippen LogP contribution >= 0.6 is 11.3 Å². The molecule has 0 bridgehead atoms. The lowest BCUT2D eigenvalue weighted by molar-refractivity contribution is -0.132. The van der Waals surface area contributed by atoms with E-state index < -0.39 is 0 Å². The third-order valence-electron chi connectivity index (χ3n) is 4.94. The zero-order chi connectivity index (χ0) is 19.3. The molecule has 0 spiro atoms. The van der Waals surface area contributed by atoms with Crippen molar-refractivity contribution in [2.24, 2.45) is 0 Å². The summed E-state index contributed by atoms with van der Waals surface area (Å²) in [5, 5.41) is 12.1. The molecule has 1 aliphatic heterocycles. The fourth-order valence-corrected chi connectivity index (χ4v) is 4.21. The van der Waals surface area contributed by atoms with Crippen LogP contribution in [0.15, 0.2) is 45.5 Å². The summed E-state index contributed by atoms with van der Waals surface area (Å²) in [7, 11) is 0. The van der Waals surface area contributed by atoms with Gasteiger partial charge < -0.3 is 14.1 Å². The molecule has 3 aromatic rings. The largest absolute Gasteiger partial charge is 0.494 e. The van der Waals surface area contributed by atoms with E-state index in [2.05, 4.69) is 22.3 Å². The van der Waals surface area contributed by atoms with Gasteiger partial charge in [0.2, 0.25) is 17.7 Å². The van der Waals surface area contributed by atoms with Crippen LogP contribution in [0.1, 0.15) is 43.7 Å². The minimum Gasteiger partial charge on any atom is -0.494 e. The van der Waals surface area contributed by atoms with Crippen LogP contribution in [0.2, 0.25) is 0 Å². The molecule has 0 N–H and O–H groups in total. The second-order valence-corrected chi connectivity index (χ2v) is 7.54. The van der Waals surface area contributed by atoms with Gasteiger partial charge in [-0.15, -0.1) is 10.2 Å². The molecule has 1 aromatic carbocycles. The zero-order valence-corrected chi connectivity index (χ0v) is 16.7. The second kappa shape index (κ2) is 8.56. The Bertz CT molecular complexity index is 905. The van der Waals surface area contributed by atoms with E-state index in [0.29, 0.717) is 31.2 Å². The van der Waals surface area contributed by atoms with Crippen LogP contribution in [0, 0.1) is 0 Å². The molecule has 1 unspecified atom stereocenters. The minimum absolute atomic E-state index is 0.131. The molecular formula is C21H23N3O3S. The Labute approximate surface area is 168 Å². The van der Waals surface area contributed by atoms with Gasteiger partial charge in [0.05, 0.1) is 12.6 Å². The summed E-state index contributed by atoms with van der Waals surface area (Å²) in [4.78, 5) is 14.8. The maximum atomic E-state index is 12.8. The topological polar surface area (TPSA) is 68.5 Å². The van der Waals surface area contributed by atoms with Crippen molar-refractivity contribution in [3.63, 3.8) is 0 Å². The highest BCUT2D eigenvalue weighted by atomic mass is 32.1. The number of likely N-dealkylation sites (tertiary alicyclic amines) is 1. The Morgan fingerprint density at radius 1 is 1.29 bits per heavy atom. The number of thiophene rings is 1. The number of amides is 1. The Hall–Kier alpha value is -2.67. The molecule has 1 fully saturated rings. The van der Waals surface area contributed by atoms with Gasteiger partial charge in [0.15, 0.2) is 0 Å². The molecule has 0 saturated carbocycles. The molecule has 0 aliphatic carbocycles. The summed E-state index contributed by atoms with van der Waals surface area (Å²) in [5.41, 5.74) is 2.08. The number of carbonyl (C=O) groups is 1. The Kier molecular flexibility index (Phi) is 5.71. The van der Waals surface area contributed by atoms with Crippen LogP contribution in [0.5, 0.6) is 5.75 Å². The third-order valence-corrected chi connectivity index (χ3v) is 5.62. The van der Waals surface area contributed by atoms with Crippen LogP contribution in [-0.4, -0.2) is 34.2 Å². The van der Waals surface area contributed by atoms with Crippen molar-refractivity contribution in [1.29, 1.82) is 0 Å². The Balaban J connectivity index is 1.37. The van der Waals surface area contributed by atoms with Gasteiger partial charge in [0.25, 0.3) is 0 Å². The van der Waals surface area contributed by atoms with E-state index >= 15 is 0 Å². The number of aromatic nitrogens is 2. The van der Waals surface area contributed by atoms with Gasteiger partial charge in [-0.25, -0.2) is 0 Å². The monoisotopic (exact) mass is 397 g/mol. The summed E-state index contributed by atoms with van der Waals surface area (Å²) in [6, 6.07) is 10.2. The van der Waals surface area contributed by atoms with E-state index in [1.807, 2.05) is 40.8 Å². The molecule has 1 saturated heterocycles.